The largest absolute Gasteiger partial charge is 0.465 e. The molecule has 0 fully saturated rings. The average molecular weight is 236 g/mol. The smallest absolute Gasteiger partial charge is 0.345 e. The predicted molar refractivity (Wildman–Crippen MR) is 59.9 cm³/mol. The molecule has 0 saturated heterocycles. The van der Waals surface area contributed by atoms with Gasteiger partial charge in [0.25, 0.3) is 0 Å². The summed E-state index contributed by atoms with van der Waals surface area (Å²) in [4.78, 5) is 22.5. The molecule has 1 heterocycles. The van der Waals surface area contributed by atoms with Gasteiger partial charge >= 0.3 is 11.9 Å². The first-order chi connectivity index (χ1) is 8.19. The summed E-state index contributed by atoms with van der Waals surface area (Å²) in [6, 6.07) is 3.46. The van der Waals surface area contributed by atoms with E-state index < -0.39 is 11.9 Å². The van der Waals surface area contributed by atoms with Crippen molar-refractivity contribution in [2.45, 2.75) is 0 Å². The maximum atomic E-state index is 11.3. The summed E-state index contributed by atoms with van der Waals surface area (Å²) in [5.41, 5.74) is -0.183. The fraction of sp³-hybridized carbons (Fsp3) is 0.167. The van der Waals surface area contributed by atoms with E-state index in [-0.39, 0.29) is 5.57 Å². The number of hydrogen-bond acceptors (Lipinski definition) is 5. The highest BCUT2D eigenvalue weighted by Gasteiger charge is 2.18. The van der Waals surface area contributed by atoms with Crippen LogP contribution in [0.4, 0.5) is 0 Å². The maximum Gasteiger partial charge on any atom is 0.345 e. The Morgan fingerprint density at radius 1 is 1.24 bits per heavy atom. The van der Waals surface area contributed by atoms with Gasteiger partial charge in [0.05, 0.1) is 20.5 Å². The molecule has 0 radical (unpaired) electrons. The number of hydrogen-bond donors (Lipinski definition) is 0. The van der Waals surface area contributed by atoms with Crippen molar-refractivity contribution in [3.8, 4) is 0 Å². The van der Waals surface area contributed by atoms with Crippen LogP contribution in [0.5, 0.6) is 0 Å². The number of esters is 2. The monoisotopic (exact) mass is 236 g/mol. The standard InChI is InChI=1S/C12H12O5/c1-15-11(13)10(12(14)16-2)7-3-5-9-6-4-8-17-9/h3-8H,1-2H3. The van der Waals surface area contributed by atoms with Crippen LogP contribution >= 0.6 is 0 Å². The molecule has 1 aromatic heterocycles. The summed E-state index contributed by atoms with van der Waals surface area (Å²) in [5, 5.41) is 0. The SMILES string of the molecule is COC(=O)C(=CC=Cc1ccco1)C(=O)OC. The Labute approximate surface area is 98.3 Å². The molecule has 0 amide bonds. The average Bonchev–Trinajstić information content (AvgIpc) is 2.86. The first kappa shape index (κ1) is 12.8. The van der Waals surface area contributed by atoms with Gasteiger partial charge in [-0.15, -0.1) is 0 Å². The van der Waals surface area contributed by atoms with Crippen LogP contribution in [0.1, 0.15) is 5.76 Å². The summed E-state index contributed by atoms with van der Waals surface area (Å²) in [7, 11) is 2.38. The lowest BCUT2D eigenvalue weighted by Gasteiger charge is -2.01. The van der Waals surface area contributed by atoms with Crippen LogP contribution in [-0.4, -0.2) is 26.2 Å². The molecule has 0 aliphatic rings. The van der Waals surface area contributed by atoms with Gasteiger partial charge in [0.1, 0.15) is 11.3 Å². The molecule has 1 aromatic rings. The highest BCUT2D eigenvalue weighted by molar-refractivity contribution is 6.14. The first-order valence-electron chi connectivity index (χ1n) is 4.77. The van der Waals surface area contributed by atoms with Crippen LogP contribution in [0, 0.1) is 0 Å². The Morgan fingerprint density at radius 2 is 1.88 bits per heavy atom. The van der Waals surface area contributed by atoms with E-state index in [0.29, 0.717) is 5.76 Å². The molecule has 0 saturated carbocycles. The zero-order chi connectivity index (χ0) is 12.7. The number of furan rings is 1. The van der Waals surface area contributed by atoms with Gasteiger partial charge in [-0.3, -0.25) is 0 Å². The zero-order valence-electron chi connectivity index (χ0n) is 9.51. The van der Waals surface area contributed by atoms with E-state index in [4.69, 9.17) is 4.42 Å². The number of methoxy groups -OCH3 is 2. The lowest BCUT2D eigenvalue weighted by molar-refractivity contribution is -0.144. The summed E-state index contributed by atoms with van der Waals surface area (Å²) in [6.45, 7) is 0. The summed E-state index contributed by atoms with van der Waals surface area (Å²) >= 11 is 0. The molecule has 0 unspecified atom stereocenters. The minimum absolute atomic E-state index is 0.183. The first-order valence-corrected chi connectivity index (χ1v) is 4.77. The Bertz CT molecular complexity index is 421. The van der Waals surface area contributed by atoms with Crippen molar-refractivity contribution in [3.63, 3.8) is 0 Å². The molecule has 0 atom stereocenters. The topological polar surface area (TPSA) is 65.7 Å². The van der Waals surface area contributed by atoms with Crippen molar-refractivity contribution >= 4 is 18.0 Å². The molecule has 0 spiro atoms. The van der Waals surface area contributed by atoms with E-state index in [0.717, 1.165) is 0 Å². The van der Waals surface area contributed by atoms with E-state index in [1.807, 2.05) is 0 Å². The normalized spacial score (nSPS) is 10.0. The zero-order valence-corrected chi connectivity index (χ0v) is 9.51. The van der Waals surface area contributed by atoms with Crippen LogP contribution in [0.2, 0.25) is 0 Å². The molecule has 17 heavy (non-hydrogen) atoms. The van der Waals surface area contributed by atoms with Gasteiger partial charge < -0.3 is 13.9 Å². The second kappa shape index (κ2) is 6.32. The minimum Gasteiger partial charge on any atom is -0.465 e. The Hall–Kier alpha value is -2.30. The van der Waals surface area contributed by atoms with Crippen molar-refractivity contribution in [1.82, 2.24) is 0 Å². The molecule has 0 aromatic carbocycles. The second-order valence-corrected chi connectivity index (χ2v) is 2.94. The van der Waals surface area contributed by atoms with E-state index >= 15 is 0 Å². The third-order valence-electron chi connectivity index (χ3n) is 1.88. The Balaban J connectivity index is 2.83. The highest BCUT2D eigenvalue weighted by Crippen LogP contribution is 2.05. The molecule has 5 heteroatoms. The Morgan fingerprint density at radius 3 is 2.35 bits per heavy atom. The van der Waals surface area contributed by atoms with Gasteiger partial charge in [0, 0.05) is 0 Å². The number of allylic oxidation sites excluding steroid dienone is 2. The molecular weight excluding hydrogens is 224 g/mol. The van der Waals surface area contributed by atoms with Crippen LogP contribution in [-0.2, 0) is 19.1 Å². The van der Waals surface area contributed by atoms with Gasteiger partial charge in [-0.05, 0) is 24.3 Å². The van der Waals surface area contributed by atoms with E-state index in [1.165, 1.54) is 32.6 Å². The maximum absolute atomic E-state index is 11.3. The summed E-state index contributed by atoms with van der Waals surface area (Å²) < 4.78 is 14.0. The van der Waals surface area contributed by atoms with E-state index in [9.17, 15) is 9.59 Å². The molecule has 90 valence electrons. The number of carbonyl (C=O) groups is 2. The number of rotatable bonds is 4. The molecule has 5 nitrogen and oxygen atoms in total. The Kier molecular flexibility index (Phi) is 4.75. The molecule has 0 N–H and O–H groups in total. The molecule has 0 aliphatic heterocycles. The fourth-order valence-corrected chi connectivity index (χ4v) is 1.06. The van der Waals surface area contributed by atoms with Gasteiger partial charge in [-0.1, -0.05) is 6.08 Å². The van der Waals surface area contributed by atoms with Gasteiger partial charge in [0.15, 0.2) is 0 Å². The lowest BCUT2D eigenvalue weighted by Crippen LogP contribution is -2.15. The molecular formula is C12H12O5. The lowest BCUT2D eigenvalue weighted by atomic mass is 10.2. The predicted octanol–water partition coefficient (Wildman–Crippen LogP) is 1.57. The third kappa shape index (κ3) is 3.64. The quantitative estimate of drug-likeness (QED) is 0.261. The third-order valence-corrected chi connectivity index (χ3v) is 1.88. The highest BCUT2D eigenvalue weighted by atomic mass is 16.5. The van der Waals surface area contributed by atoms with Gasteiger partial charge in [-0.2, -0.15) is 0 Å². The number of carbonyl (C=O) groups excluding carboxylic acids is 2. The van der Waals surface area contributed by atoms with E-state index in [2.05, 4.69) is 9.47 Å². The van der Waals surface area contributed by atoms with Crippen LogP contribution < -0.4 is 0 Å². The van der Waals surface area contributed by atoms with Crippen molar-refractivity contribution < 1.29 is 23.5 Å². The van der Waals surface area contributed by atoms with Crippen LogP contribution in [0.3, 0.4) is 0 Å². The van der Waals surface area contributed by atoms with Crippen molar-refractivity contribution in [3.05, 3.63) is 41.9 Å². The molecule has 0 aliphatic carbocycles. The van der Waals surface area contributed by atoms with Gasteiger partial charge in [-0.25, -0.2) is 9.59 Å². The van der Waals surface area contributed by atoms with Crippen molar-refractivity contribution in [2.75, 3.05) is 14.2 Å². The second-order valence-electron chi connectivity index (χ2n) is 2.94. The van der Waals surface area contributed by atoms with Crippen LogP contribution in [0.15, 0.2) is 40.5 Å². The minimum atomic E-state index is -0.749. The summed E-state index contributed by atoms with van der Waals surface area (Å²) in [5.74, 6) is -0.891. The summed E-state index contributed by atoms with van der Waals surface area (Å²) in [6.07, 6.45) is 5.93. The fourth-order valence-electron chi connectivity index (χ4n) is 1.06. The van der Waals surface area contributed by atoms with Crippen molar-refractivity contribution in [2.24, 2.45) is 0 Å². The molecule has 0 bridgehead atoms. The number of ether oxygens (including phenoxy) is 2. The van der Waals surface area contributed by atoms with Crippen molar-refractivity contribution in [1.29, 1.82) is 0 Å². The van der Waals surface area contributed by atoms with Crippen LogP contribution in [0.25, 0.3) is 6.08 Å². The van der Waals surface area contributed by atoms with Gasteiger partial charge in [0.2, 0.25) is 0 Å². The van der Waals surface area contributed by atoms with E-state index in [1.54, 1.807) is 18.2 Å². The molecule has 1 rings (SSSR count).